The van der Waals surface area contributed by atoms with Gasteiger partial charge in [-0.1, -0.05) is 24.3 Å². The van der Waals surface area contributed by atoms with E-state index in [0.29, 0.717) is 13.2 Å². The fraction of sp³-hybridized carbons (Fsp3) is 0.467. The van der Waals surface area contributed by atoms with E-state index in [-0.39, 0.29) is 6.04 Å². The van der Waals surface area contributed by atoms with Crippen LogP contribution >= 0.6 is 0 Å². The molecule has 0 aliphatic heterocycles. The summed E-state index contributed by atoms with van der Waals surface area (Å²) in [7, 11) is 1.70. The second-order valence-electron chi connectivity index (χ2n) is 4.09. The molecule has 0 radical (unpaired) electrons. The number of methoxy groups -OCH3 is 1. The molecule has 98 valence electrons. The lowest BCUT2D eigenvalue weighted by atomic mass is 10.0. The molecule has 0 aliphatic carbocycles. The Balaban J connectivity index is 2.54. The SMILES string of the molecule is CC#CCCNC(CN)c1ccc(COC)cc1. The van der Waals surface area contributed by atoms with E-state index < -0.39 is 0 Å². The average Bonchev–Trinajstić information content (AvgIpc) is 2.41. The predicted molar refractivity (Wildman–Crippen MR) is 75.0 cm³/mol. The molecule has 0 aromatic heterocycles. The number of hydrogen-bond donors (Lipinski definition) is 2. The van der Waals surface area contributed by atoms with E-state index in [4.69, 9.17) is 10.5 Å². The fourth-order valence-corrected chi connectivity index (χ4v) is 1.78. The molecule has 3 nitrogen and oxygen atoms in total. The standard InChI is InChI=1S/C15H22N2O/c1-3-4-5-10-17-15(11-16)14-8-6-13(7-9-14)12-18-2/h6-9,15,17H,5,10-12,16H2,1-2H3. The van der Waals surface area contributed by atoms with Gasteiger partial charge in [0, 0.05) is 32.7 Å². The molecule has 0 heterocycles. The molecule has 0 saturated carbocycles. The highest BCUT2D eigenvalue weighted by molar-refractivity contribution is 5.25. The summed E-state index contributed by atoms with van der Waals surface area (Å²) >= 11 is 0. The van der Waals surface area contributed by atoms with Crippen LogP contribution in [0.25, 0.3) is 0 Å². The van der Waals surface area contributed by atoms with Crippen LogP contribution < -0.4 is 11.1 Å². The quantitative estimate of drug-likeness (QED) is 0.570. The van der Waals surface area contributed by atoms with E-state index in [1.165, 1.54) is 11.1 Å². The molecular formula is C15H22N2O. The summed E-state index contributed by atoms with van der Waals surface area (Å²) in [6, 6.07) is 8.55. The molecular weight excluding hydrogens is 224 g/mol. The molecule has 0 amide bonds. The van der Waals surface area contributed by atoms with Crippen LogP contribution in [0.4, 0.5) is 0 Å². The second kappa shape index (κ2) is 8.71. The van der Waals surface area contributed by atoms with Crippen LogP contribution in [0.3, 0.4) is 0 Å². The van der Waals surface area contributed by atoms with E-state index in [1.54, 1.807) is 7.11 Å². The summed E-state index contributed by atoms with van der Waals surface area (Å²) in [5, 5.41) is 3.41. The van der Waals surface area contributed by atoms with Gasteiger partial charge in [-0.05, 0) is 18.1 Å². The molecule has 0 aliphatic rings. The lowest BCUT2D eigenvalue weighted by molar-refractivity contribution is 0.185. The van der Waals surface area contributed by atoms with Gasteiger partial charge in [-0.3, -0.25) is 0 Å². The van der Waals surface area contributed by atoms with E-state index in [2.05, 4.69) is 41.4 Å². The zero-order valence-corrected chi connectivity index (χ0v) is 11.2. The van der Waals surface area contributed by atoms with Crippen LogP contribution in [0.15, 0.2) is 24.3 Å². The van der Waals surface area contributed by atoms with E-state index in [0.717, 1.165) is 13.0 Å². The Morgan fingerprint density at radius 2 is 2.06 bits per heavy atom. The van der Waals surface area contributed by atoms with Crippen LogP contribution in [-0.4, -0.2) is 20.2 Å². The van der Waals surface area contributed by atoms with Crippen molar-refractivity contribution in [3.05, 3.63) is 35.4 Å². The molecule has 1 rings (SSSR count). The Kier molecular flexibility index (Phi) is 7.12. The van der Waals surface area contributed by atoms with Crippen LogP contribution in [0.1, 0.15) is 30.5 Å². The van der Waals surface area contributed by atoms with Gasteiger partial charge in [0.2, 0.25) is 0 Å². The maximum Gasteiger partial charge on any atom is 0.0713 e. The van der Waals surface area contributed by atoms with Crippen LogP contribution in [0.2, 0.25) is 0 Å². The molecule has 0 spiro atoms. The summed E-state index contributed by atoms with van der Waals surface area (Å²) in [4.78, 5) is 0. The van der Waals surface area contributed by atoms with Gasteiger partial charge >= 0.3 is 0 Å². The van der Waals surface area contributed by atoms with Crippen LogP contribution in [0.5, 0.6) is 0 Å². The van der Waals surface area contributed by atoms with Gasteiger partial charge in [-0.2, -0.15) is 0 Å². The van der Waals surface area contributed by atoms with Crippen molar-refractivity contribution in [1.82, 2.24) is 5.32 Å². The molecule has 3 heteroatoms. The first-order valence-corrected chi connectivity index (χ1v) is 6.22. The van der Waals surface area contributed by atoms with Crippen LogP contribution in [-0.2, 0) is 11.3 Å². The monoisotopic (exact) mass is 246 g/mol. The van der Waals surface area contributed by atoms with Gasteiger partial charge in [0.25, 0.3) is 0 Å². The molecule has 1 unspecified atom stereocenters. The molecule has 1 aromatic carbocycles. The number of hydrogen-bond acceptors (Lipinski definition) is 3. The Labute approximate surface area is 110 Å². The highest BCUT2D eigenvalue weighted by Crippen LogP contribution is 2.13. The van der Waals surface area contributed by atoms with E-state index >= 15 is 0 Å². The Hall–Kier alpha value is -1.34. The van der Waals surface area contributed by atoms with Gasteiger partial charge in [0.05, 0.1) is 6.61 Å². The Morgan fingerprint density at radius 1 is 1.33 bits per heavy atom. The molecule has 18 heavy (non-hydrogen) atoms. The minimum atomic E-state index is 0.195. The zero-order chi connectivity index (χ0) is 13.2. The lowest BCUT2D eigenvalue weighted by Crippen LogP contribution is -2.28. The second-order valence-corrected chi connectivity index (χ2v) is 4.09. The van der Waals surface area contributed by atoms with Crippen molar-refractivity contribution in [1.29, 1.82) is 0 Å². The highest BCUT2D eigenvalue weighted by atomic mass is 16.5. The van der Waals surface area contributed by atoms with Gasteiger partial charge < -0.3 is 15.8 Å². The number of ether oxygens (including phenoxy) is 1. The summed E-state index contributed by atoms with van der Waals surface area (Å²) < 4.78 is 5.09. The minimum Gasteiger partial charge on any atom is -0.380 e. The van der Waals surface area contributed by atoms with Gasteiger partial charge in [0.15, 0.2) is 0 Å². The van der Waals surface area contributed by atoms with Crippen LogP contribution in [0, 0.1) is 11.8 Å². The Bertz CT molecular complexity index is 389. The first-order valence-electron chi connectivity index (χ1n) is 6.22. The third-order valence-electron chi connectivity index (χ3n) is 2.75. The summed E-state index contributed by atoms with van der Waals surface area (Å²) in [5.74, 6) is 5.92. The summed E-state index contributed by atoms with van der Waals surface area (Å²) in [6.45, 7) is 3.95. The van der Waals surface area contributed by atoms with Crippen molar-refractivity contribution in [3.63, 3.8) is 0 Å². The first-order chi connectivity index (χ1) is 8.81. The predicted octanol–water partition coefficient (Wildman–Crippen LogP) is 1.84. The molecule has 1 atom stereocenters. The molecule has 0 saturated heterocycles. The first kappa shape index (κ1) is 14.7. The molecule has 3 N–H and O–H groups in total. The van der Waals surface area contributed by atoms with E-state index in [9.17, 15) is 0 Å². The topological polar surface area (TPSA) is 47.3 Å². The molecule has 1 aromatic rings. The van der Waals surface area contributed by atoms with Crippen molar-refractivity contribution in [2.75, 3.05) is 20.2 Å². The average molecular weight is 246 g/mol. The number of nitrogens with two attached hydrogens (primary N) is 1. The normalized spacial score (nSPS) is 11.7. The largest absolute Gasteiger partial charge is 0.380 e. The fourth-order valence-electron chi connectivity index (χ4n) is 1.78. The zero-order valence-electron chi connectivity index (χ0n) is 11.2. The van der Waals surface area contributed by atoms with Crippen molar-refractivity contribution < 1.29 is 4.74 Å². The smallest absolute Gasteiger partial charge is 0.0713 e. The third-order valence-corrected chi connectivity index (χ3v) is 2.75. The maximum atomic E-state index is 5.79. The summed E-state index contributed by atoms with van der Waals surface area (Å²) in [6.07, 6.45) is 0.856. The van der Waals surface area contributed by atoms with Gasteiger partial charge in [-0.15, -0.1) is 11.8 Å². The van der Waals surface area contributed by atoms with Gasteiger partial charge in [0.1, 0.15) is 0 Å². The van der Waals surface area contributed by atoms with Crippen molar-refractivity contribution in [2.24, 2.45) is 5.73 Å². The van der Waals surface area contributed by atoms with Crippen molar-refractivity contribution in [2.45, 2.75) is 26.0 Å². The number of rotatable bonds is 7. The third kappa shape index (κ3) is 4.89. The lowest BCUT2D eigenvalue weighted by Gasteiger charge is -2.17. The highest BCUT2D eigenvalue weighted by Gasteiger charge is 2.07. The van der Waals surface area contributed by atoms with Crippen molar-refractivity contribution >= 4 is 0 Å². The number of benzene rings is 1. The number of nitrogens with one attached hydrogen (secondary N) is 1. The van der Waals surface area contributed by atoms with Gasteiger partial charge in [-0.25, -0.2) is 0 Å². The maximum absolute atomic E-state index is 5.79. The molecule has 0 bridgehead atoms. The van der Waals surface area contributed by atoms with E-state index in [1.807, 2.05) is 6.92 Å². The molecule has 0 fully saturated rings. The summed E-state index contributed by atoms with van der Waals surface area (Å²) in [5.41, 5.74) is 8.18. The Morgan fingerprint density at radius 3 is 2.61 bits per heavy atom. The van der Waals surface area contributed by atoms with Crippen molar-refractivity contribution in [3.8, 4) is 11.8 Å². The minimum absolute atomic E-state index is 0.195.